The molecule has 1 aromatic carbocycles. The van der Waals surface area contributed by atoms with E-state index in [4.69, 9.17) is 0 Å². The highest BCUT2D eigenvalue weighted by molar-refractivity contribution is 6.02. The number of benzene rings is 1. The summed E-state index contributed by atoms with van der Waals surface area (Å²) in [7, 11) is 0. The Hall–Kier alpha value is -2.37. The van der Waals surface area contributed by atoms with E-state index in [0.717, 1.165) is 12.8 Å². The number of hydrogen-bond acceptors (Lipinski definition) is 4. The van der Waals surface area contributed by atoms with Crippen molar-refractivity contribution in [1.29, 1.82) is 0 Å². The molecule has 0 unspecified atom stereocenters. The number of amides is 1. The minimum atomic E-state index is -0.449. The third kappa shape index (κ3) is 2.65. The molecule has 2 aromatic rings. The van der Waals surface area contributed by atoms with Gasteiger partial charge in [-0.15, -0.1) is 5.10 Å². The molecule has 94 valence electrons. The zero-order chi connectivity index (χ0) is 13.0. The first-order chi connectivity index (χ1) is 8.70. The van der Waals surface area contributed by atoms with Crippen LogP contribution in [0.25, 0.3) is 0 Å². The summed E-state index contributed by atoms with van der Waals surface area (Å²) in [4.78, 5) is 15.9. The number of hydrogen-bond donors (Lipinski definition) is 3. The number of nitrogens with zero attached hydrogens (tertiary/aromatic N) is 2. The fourth-order valence-electron chi connectivity index (χ4n) is 1.50. The molecule has 0 saturated heterocycles. The van der Waals surface area contributed by atoms with Crippen molar-refractivity contribution in [2.45, 2.75) is 19.8 Å². The molecule has 2 rings (SSSR count). The van der Waals surface area contributed by atoms with Crippen molar-refractivity contribution in [3.05, 3.63) is 35.9 Å². The molecule has 1 heterocycles. The predicted molar refractivity (Wildman–Crippen MR) is 66.4 cm³/mol. The number of carbonyl (C=O) groups excluding carboxylic acids is 1. The molecular weight excluding hydrogens is 232 g/mol. The molecule has 0 aliphatic rings. The maximum atomic E-state index is 11.8. The van der Waals surface area contributed by atoms with Gasteiger partial charge in [0, 0.05) is 6.42 Å². The van der Waals surface area contributed by atoms with Gasteiger partial charge in [0.05, 0.1) is 5.69 Å². The highest BCUT2D eigenvalue weighted by Crippen LogP contribution is 2.21. The lowest BCUT2D eigenvalue weighted by Gasteiger charge is -2.03. The number of phenols is 1. The maximum Gasteiger partial charge on any atom is 0.295 e. The number of aryl methyl sites for hydroxylation is 1. The summed E-state index contributed by atoms with van der Waals surface area (Å²) in [5.74, 6) is 0.312. The normalized spacial score (nSPS) is 10.3. The van der Waals surface area contributed by atoms with Gasteiger partial charge in [-0.1, -0.05) is 19.1 Å². The SMILES string of the molecule is CCCc1nc(C(=O)Nc2ccccc2O)n[nH]1. The van der Waals surface area contributed by atoms with Gasteiger partial charge in [0.2, 0.25) is 5.82 Å². The second-order valence-electron chi connectivity index (χ2n) is 3.83. The lowest BCUT2D eigenvalue weighted by Crippen LogP contribution is -2.13. The number of phenolic OH excluding ortho intramolecular Hbond substituents is 1. The van der Waals surface area contributed by atoms with Crippen LogP contribution in [0.1, 0.15) is 29.8 Å². The minimum absolute atomic E-state index is 0.00941. The van der Waals surface area contributed by atoms with Crippen molar-refractivity contribution in [2.75, 3.05) is 5.32 Å². The average Bonchev–Trinajstić information content (AvgIpc) is 2.81. The molecule has 1 aromatic heterocycles. The van der Waals surface area contributed by atoms with Gasteiger partial charge < -0.3 is 10.4 Å². The quantitative estimate of drug-likeness (QED) is 0.716. The third-order valence-corrected chi connectivity index (χ3v) is 2.37. The number of H-pyrrole nitrogens is 1. The standard InChI is InChI=1S/C12H14N4O2/c1-2-5-10-14-11(16-15-10)12(18)13-8-6-3-4-7-9(8)17/h3-4,6-7,17H,2,5H2,1H3,(H,13,18)(H,14,15,16). The average molecular weight is 246 g/mol. The molecule has 6 heteroatoms. The molecular formula is C12H14N4O2. The molecule has 0 saturated carbocycles. The Bertz CT molecular complexity index is 551. The van der Waals surface area contributed by atoms with Crippen molar-refractivity contribution in [1.82, 2.24) is 15.2 Å². The highest BCUT2D eigenvalue weighted by atomic mass is 16.3. The van der Waals surface area contributed by atoms with Crippen LogP contribution in [0.3, 0.4) is 0 Å². The van der Waals surface area contributed by atoms with Crippen molar-refractivity contribution in [3.8, 4) is 5.75 Å². The fourth-order valence-corrected chi connectivity index (χ4v) is 1.50. The summed E-state index contributed by atoms with van der Waals surface area (Å²) in [5.41, 5.74) is 0.337. The number of aromatic nitrogens is 3. The summed E-state index contributed by atoms with van der Waals surface area (Å²) >= 11 is 0. The fraction of sp³-hybridized carbons (Fsp3) is 0.250. The van der Waals surface area contributed by atoms with Gasteiger partial charge in [0.1, 0.15) is 11.6 Å². The molecule has 1 amide bonds. The number of aromatic hydroxyl groups is 1. The van der Waals surface area contributed by atoms with Gasteiger partial charge in [0.25, 0.3) is 5.91 Å². The van der Waals surface area contributed by atoms with Gasteiger partial charge in [-0.3, -0.25) is 9.89 Å². The van der Waals surface area contributed by atoms with Crippen LogP contribution in [0, 0.1) is 0 Å². The first-order valence-corrected chi connectivity index (χ1v) is 5.71. The molecule has 0 spiro atoms. The van der Waals surface area contributed by atoms with Crippen LogP contribution in [0.5, 0.6) is 5.75 Å². The summed E-state index contributed by atoms with van der Waals surface area (Å²) in [5, 5.41) is 18.6. The molecule has 0 bridgehead atoms. The van der Waals surface area contributed by atoms with Crippen molar-refractivity contribution < 1.29 is 9.90 Å². The molecule has 18 heavy (non-hydrogen) atoms. The Labute approximate surface area is 104 Å². The summed E-state index contributed by atoms with van der Waals surface area (Å²) in [6.07, 6.45) is 1.67. The van der Waals surface area contributed by atoms with E-state index in [1.54, 1.807) is 18.2 Å². The highest BCUT2D eigenvalue weighted by Gasteiger charge is 2.13. The van der Waals surface area contributed by atoms with E-state index in [-0.39, 0.29) is 11.6 Å². The molecule has 0 aliphatic heterocycles. The van der Waals surface area contributed by atoms with Gasteiger partial charge in [-0.25, -0.2) is 4.98 Å². The minimum Gasteiger partial charge on any atom is -0.506 e. The Morgan fingerprint density at radius 3 is 2.94 bits per heavy atom. The predicted octanol–water partition coefficient (Wildman–Crippen LogP) is 1.72. The topological polar surface area (TPSA) is 90.9 Å². The van der Waals surface area contributed by atoms with E-state index in [0.29, 0.717) is 11.5 Å². The lowest BCUT2D eigenvalue weighted by atomic mass is 10.3. The van der Waals surface area contributed by atoms with Crippen LogP contribution in [-0.2, 0) is 6.42 Å². The number of para-hydroxylation sites is 2. The van der Waals surface area contributed by atoms with Crippen LogP contribution in [0.15, 0.2) is 24.3 Å². The van der Waals surface area contributed by atoms with E-state index in [9.17, 15) is 9.90 Å². The number of rotatable bonds is 4. The van der Waals surface area contributed by atoms with E-state index >= 15 is 0 Å². The number of aromatic amines is 1. The summed E-state index contributed by atoms with van der Waals surface area (Å²) in [6, 6.07) is 6.50. The zero-order valence-electron chi connectivity index (χ0n) is 9.97. The van der Waals surface area contributed by atoms with Gasteiger partial charge in [-0.05, 0) is 18.6 Å². The van der Waals surface area contributed by atoms with Gasteiger partial charge in [0.15, 0.2) is 0 Å². The van der Waals surface area contributed by atoms with Crippen molar-refractivity contribution >= 4 is 11.6 Å². The largest absolute Gasteiger partial charge is 0.506 e. The maximum absolute atomic E-state index is 11.8. The van der Waals surface area contributed by atoms with E-state index in [1.165, 1.54) is 6.07 Å². The smallest absolute Gasteiger partial charge is 0.295 e. The Kier molecular flexibility index (Phi) is 3.57. The number of anilines is 1. The van der Waals surface area contributed by atoms with Gasteiger partial charge in [-0.2, -0.15) is 0 Å². The molecule has 6 nitrogen and oxygen atoms in total. The first kappa shape index (κ1) is 12.1. The van der Waals surface area contributed by atoms with Crippen LogP contribution >= 0.6 is 0 Å². The van der Waals surface area contributed by atoms with Crippen LogP contribution < -0.4 is 5.32 Å². The monoisotopic (exact) mass is 246 g/mol. The summed E-state index contributed by atoms with van der Waals surface area (Å²) in [6.45, 7) is 2.02. The second kappa shape index (κ2) is 5.31. The van der Waals surface area contributed by atoms with E-state index in [1.807, 2.05) is 6.92 Å². The number of carbonyl (C=O) groups is 1. The van der Waals surface area contributed by atoms with Gasteiger partial charge >= 0.3 is 0 Å². The molecule has 3 N–H and O–H groups in total. The van der Waals surface area contributed by atoms with E-state index in [2.05, 4.69) is 20.5 Å². The van der Waals surface area contributed by atoms with Crippen LogP contribution in [0.4, 0.5) is 5.69 Å². The molecule has 0 aliphatic carbocycles. The first-order valence-electron chi connectivity index (χ1n) is 5.71. The summed E-state index contributed by atoms with van der Waals surface area (Å²) < 4.78 is 0. The second-order valence-corrected chi connectivity index (χ2v) is 3.83. The lowest BCUT2D eigenvalue weighted by molar-refractivity contribution is 0.101. The number of nitrogens with one attached hydrogen (secondary N) is 2. The molecule has 0 fully saturated rings. The molecule has 0 radical (unpaired) electrons. The Balaban J connectivity index is 2.10. The third-order valence-electron chi connectivity index (χ3n) is 2.37. The molecule has 0 atom stereocenters. The van der Waals surface area contributed by atoms with Crippen LogP contribution in [0.2, 0.25) is 0 Å². The Morgan fingerprint density at radius 2 is 2.22 bits per heavy atom. The van der Waals surface area contributed by atoms with Crippen molar-refractivity contribution in [3.63, 3.8) is 0 Å². The zero-order valence-corrected chi connectivity index (χ0v) is 9.97. The Morgan fingerprint density at radius 1 is 1.44 bits per heavy atom. The van der Waals surface area contributed by atoms with Crippen molar-refractivity contribution in [2.24, 2.45) is 0 Å². The van der Waals surface area contributed by atoms with Crippen LogP contribution in [-0.4, -0.2) is 26.2 Å². The van der Waals surface area contributed by atoms with E-state index < -0.39 is 5.91 Å².